The first-order valence-electron chi connectivity index (χ1n) is 6.34. The van der Waals surface area contributed by atoms with Crippen LogP contribution in [0.15, 0.2) is 18.2 Å². The fraction of sp³-hybridized carbons (Fsp3) is 0.462. The van der Waals surface area contributed by atoms with Crippen molar-refractivity contribution >= 4 is 11.6 Å². The number of rotatable bonds is 7. The van der Waals surface area contributed by atoms with Gasteiger partial charge in [-0.05, 0) is 26.0 Å². The predicted molar refractivity (Wildman–Crippen MR) is 74.7 cm³/mol. The lowest BCUT2D eigenvalue weighted by Crippen LogP contribution is -2.34. The summed E-state index contributed by atoms with van der Waals surface area (Å²) in [7, 11) is 0. The SMILES string of the molecule is Cc1cc(C(=O)NCCNCC(C)O)ccc1[N+](=O)[O-]. The van der Waals surface area contributed by atoms with Crippen molar-refractivity contribution in [2.75, 3.05) is 19.6 Å². The van der Waals surface area contributed by atoms with Crippen molar-refractivity contribution in [1.29, 1.82) is 0 Å². The summed E-state index contributed by atoms with van der Waals surface area (Å²) >= 11 is 0. The van der Waals surface area contributed by atoms with Crippen LogP contribution in [0.5, 0.6) is 0 Å². The van der Waals surface area contributed by atoms with Gasteiger partial charge in [-0.2, -0.15) is 0 Å². The number of hydrogen-bond acceptors (Lipinski definition) is 5. The minimum Gasteiger partial charge on any atom is -0.392 e. The molecular formula is C13H19N3O4. The number of amides is 1. The highest BCUT2D eigenvalue weighted by Gasteiger charge is 2.13. The van der Waals surface area contributed by atoms with Crippen LogP contribution in [-0.2, 0) is 0 Å². The zero-order valence-corrected chi connectivity index (χ0v) is 11.5. The number of nitro benzene ring substituents is 1. The van der Waals surface area contributed by atoms with Crippen LogP contribution in [0.1, 0.15) is 22.8 Å². The van der Waals surface area contributed by atoms with Crippen molar-refractivity contribution in [2.45, 2.75) is 20.0 Å². The van der Waals surface area contributed by atoms with Crippen LogP contribution in [0.25, 0.3) is 0 Å². The van der Waals surface area contributed by atoms with Gasteiger partial charge in [-0.25, -0.2) is 0 Å². The summed E-state index contributed by atoms with van der Waals surface area (Å²) in [6, 6.07) is 4.26. The molecule has 7 nitrogen and oxygen atoms in total. The molecule has 1 unspecified atom stereocenters. The molecule has 1 amide bonds. The molecule has 0 aliphatic heterocycles. The van der Waals surface area contributed by atoms with Crippen LogP contribution in [0.4, 0.5) is 5.69 Å². The lowest BCUT2D eigenvalue weighted by molar-refractivity contribution is -0.385. The Kier molecular flexibility index (Phi) is 6.08. The lowest BCUT2D eigenvalue weighted by atomic mass is 10.1. The number of nitrogens with one attached hydrogen (secondary N) is 2. The molecule has 0 heterocycles. The molecule has 1 aromatic carbocycles. The molecule has 0 fully saturated rings. The molecule has 3 N–H and O–H groups in total. The second kappa shape index (κ2) is 7.56. The number of benzene rings is 1. The van der Waals surface area contributed by atoms with Gasteiger partial charge in [0.2, 0.25) is 0 Å². The zero-order valence-electron chi connectivity index (χ0n) is 11.5. The van der Waals surface area contributed by atoms with E-state index in [1.54, 1.807) is 13.8 Å². The van der Waals surface area contributed by atoms with E-state index in [-0.39, 0.29) is 11.6 Å². The minimum atomic E-state index is -0.475. The Balaban J connectivity index is 2.48. The highest BCUT2D eigenvalue weighted by Crippen LogP contribution is 2.18. The number of aryl methyl sites for hydroxylation is 1. The van der Waals surface area contributed by atoms with Crippen molar-refractivity contribution in [3.8, 4) is 0 Å². The minimum absolute atomic E-state index is 0.000139. The number of aliphatic hydroxyl groups excluding tert-OH is 1. The largest absolute Gasteiger partial charge is 0.392 e. The molecule has 0 bridgehead atoms. The molecular weight excluding hydrogens is 262 g/mol. The molecule has 0 saturated carbocycles. The third-order valence-corrected chi connectivity index (χ3v) is 2.68. The van der Waals surface area contributed by atoms with Gasteiger partial charge in [-0.3, -0.25) is 14.9 Å². The second-order valence-electron chi connectivity index (χ2n) is 4.57. The Morgan fingerprint density at radius 3 is 2.70 bits per heavy atom. The van der Waals surface area contributed by atoms with Gasteiger partial charge >= 0.3 is 0 Å². The maximum Gasteiger partial charge on any atom is 0.272 e. The Morgan fingerprint density at radius 1 is 1.45 bits per heavy atom. The molecule has 20 heavy (non-hydrogen) atoms. The number of carbonyl (C=O) groups excluding carboxylic acids is 1. The first-order valence-corrected chi connectivity index (χ1v) is 6.34. The summed E-state index contributed by atoms with van der Waals surface area (Å²) < 4.78 is 0. The smallest absolute Gasteiger partial charge is 0.272 e. The third-order valence-electron chi connectivity index (χ3n) is 2.68. The summed E-state index contributed by atoms with van der Waals surface area (Å²) in [5.41, 5.74) is 0.846. The molecule has 1 aromatic rings. The van der Waals surface area contributed by atoms with Crippen LogP contribution in [0.2, 0.25) is 0 Å². The van der Waals surface area contributed by atoms with E-state index in [0.29, 0.717) is 30.8 Å². The standard InChI is InChI=1S/C13H19N3O4/c1-9-7-11(3-4-12(9)16(19)20)13(18)15-6-5-14-8-10(2)17/h3-4,7,10,14,17H,5-6,8H2,1-2H3,(H,15,18). The van der Waals surface area contributed by atoms with Crippen molar-refractivity contribution in [2.24, 2.45) is 0 Å². The number of nitrogens with zero attached hydrogens (tertiary/aromatic N) is 1. The monoisotopic (exact) mass is 281 g/mol. The summed E-state index contributed by atoms with van der Waals surface area (Å²) in [6.07, 6.45) is -0.428. The number of hydrogen-bond donors (Lipinski definition) is 3. The second-order valence-corrected chi connectivity index (χ2v) is 4.57. The van der Waals surface area contributed by atoms with Crippen LogP contribution in [0, 0.1) is 17.0 Å². The van der Waals surface area contributed by atoms with Gasteiger partial charge in [0.25, 0.3) is 11.6 Å². The third kappa shape index (κ3) is 4.94. The summed E-state index contributed by atoms with van der Waals surface area (Å²) in [5, 5.41) is 25.4. The number of aliphatic hydroxyl groups is 1. The first kappa shape index (κ1) is 16.1. The van der Waals surface area contributed by atoms with Crippen molar-refractivity contribution < 1.29 is 14.8 Å². The predicted octanol–water partition coefficient (Wildman–Crippen LogP) is 0.603. The first-order chi connectivity index (χ1) is 9.41. The van der Waals surface area contributed by atoms with Gasteiger partial charge in [0.15, 0.2) is 0 Å². The molecule has 0 spiro atoms. The normalized spacial score (nSPS) is 11.9. The van der Waals surface area contributed by atoms with Crippen molar-refractivity contribution in [3.05, 3.63) is 39.4 Å². The number of carbonyl (C=O) groups is 1. The highest BCUT2D eigenvalue weighted by molar-refractivity contribution is 5.94. The van der Waals surface area contributed by atoms with Crippen LogP contribution < -0.4 is 10.6 Å². The Labute approximate surface area is 117 Å². The van der Waals surface area contributed by atoms with E-state index in [1.165, 1.54) is 18.2 Å². The van der Waals surface area contributed by atoms with Gasteiger partial charge in [0.1, 0.15) is 0 Å². The molecule has 0 saturated heterocycles. The summed E-state index contributed by atoms with van der Waals surface area (Å²) in [6.45, 7) is 4.70. The van der Waals surface area contributed by atoms with Crippen molar-refractivity contribution in [3.63, 3.8) is 0 Å². The summed E-state index contributed by atoms with van der Waals surface area (Å²) in [5.74, 6) is -0.276. The molecule has 0 aliphatic rings. The van der Waals surface area contributed by atoms with E-state index in [9.17, 15) is 14.9 Å². The van der Waals surface area contributed by atoms with Gasteiger partial charge < -0.3 is 15.7 Å². The van der Waals surface area contributed by atoms with E-state index >= 15 is 0 Å². The van der Waals surface area contributed by atoms with Crippen LogP contribution >= 0.6 is 0 Å². The molecule has 0 aliphatic carbocycles. The maximum absolute atomic E-state index is 11.8. The Morgan fingerprint density at radius 2 is 2.15 bits per heavy atom. The van der Waals surface area contributed by atoms with E-state index in [2.05, 4.69) is 10.6 Å². The van der Waals surface area contributed by atoms with Crippen LogP contribution in [0.3, 0.4) is 0 Å². The lowest BCUT2D eigenvalue weighted by Gasteiger charge is -2.08. The van der Waals surface area contributed by atoms with E-state index in [0.717, 1.165) is 0 Å². The maximum atomic E-state index is 11.8. The fourth-order valence-corrected chi connectivity index (χ4v) is 1.68. The van der Waals surface area contributed by atoms with Gasteiger partial charge in [0, 0.05) is 36.8 Å². The molecule has 1 atom stereocenters. The van der Waals surface area contributed by atoms with Gasteiger partial charge in [-0.15, -0.1) is 0 Å². The fourth-order valence-electron chi connectivity index (χ4n) is 1.68. The van der Waals surface area contributed by atoms with Crippen LogP contribution in [-0.4, -0.2) is 41.7 Å². The number of nitro groups is 1. The van der Waals surface area contributed by atoms with E-state index in [1.807, 2.05) is 0 Å². The average molecular weight is 281 g/mol. The molecule has 0 radical (unpaired) electrons. The zero-order chi connectivity index (χ0) is 15.1. The van der Waals surface area contributed by atoms with Gasteiger partial charge in [0.05, 0.1) is 11.0 Å². The molecule has 7 heteroatoms. The topological polar surface area (TPSA) is 104 Å². The Bertz CT molecular complexity index is 489. The van der Waals surface area contributed by atoms with Gasteiger partial charge in [-0.1, -0.05) is 0 Å². The average Bonchev–Trinajstić information content (AvgIpc) is 2.37. The van der Waals surface area contributed by atoms with E-state index < -0.39 is 11.0 Å². The van der Waals surface area contributed by atoms with E-state index in [4.69, 9.17) is 5.11 Å². The molecule has 0 aromatic heterocycles. The molecule has 110 valence electrons. The Hall–Kier alpha value is -1.99. The highest BCUT2D eigenvalue weighted by atomic mass is 16.6. The molecule has 1 rings (SSSR count). The quantitative estimate of drug-likeness (QED) is 0.386. The summed E-state index contributed by atoms with van der Waals surface area (Å²) in [4.78, 5) is 22.0. The van der Waals surface area contributed by atoms with Crippen molar-refractivity contribution in [1.82, 2.24) is 10.6 Å².